The Morgan fingerprint density at radius 3 is 2.75 bits per heavy atom. The molecule has 0 aliphatic heterocycles. The lowest BCUT2D eigenvalue weighted by Crippen LogP contribution is -2.54. The van der Waals surface area contributed by atoms with E-state index < -0.39 is 5.54 Å². The molecule has 92 valence electrons. The standard InChI is InChI=1S/C9H18N4O3/c1-9(7-15-2,8(14)16-3)11-5-4-6-12-13-10/h11H,4-7H2,1-3H3. The minimum absolute atomic E-state index is 0.223. The van der Waals surface area contributed by atoms with Gasteiger partial charge in [0.2, 0.25) is 0 Å². The van der Waals surface area contributed by atoms with E-state index in [1.165, 1.54) is 14.2 Å². The lowest BCUT2D eigenvalue weighted by Gasteiger charge is -2.27. The number of nitrogens with one attached hydrogen (secondary N) is 1. The maximum Gasteiger partial charge on any atom is 0.328 e. The number of azide groups is 1. The first kappa shape index (κ1) is 14.7. The molecule has 0 aromatic heterocycles. The Balaban J connectivity index is 4.11. The number of carbonyl (C=O) groups is 1. The van der Waals surface area contributed by atoms with Gasteiger partial charge in [0.1, 0.15) is 5.54 Å². The maximum absolute atomic E-state index is 11.5. The van der Waals surface area contributed by atoms with Gasteiger partial charge in [0.05, 0.1) is 13.7 Å². The SMILES string of the molecule is COCC(C)(NCCCN=[N+]=[N-])C(=O)OC. The lowest BCUT2D eigenvalue weighted by atomic mass is 10.0. The van der Waals surface area contributed by atoms with E-state index in [0.717, 1.165) is 0 Å². The number of ether oxygens (including phenoxy) is 2. The van der Waals surface area contributed by atoms with E-state index in [1.54, 1.807) is 6.92 Å². The van der Waals surface area contributed by atoms with Gasteiger partial charge in [-0.25, -0.2) is 4.79 Å². The van der Waals surface area contributed by atoms with Crippen LogP contribution < -0.4 is 5.32 Å². The van der Waals surface area contributed by atoms with Crippen LogP contribution in [0.2, 0.25) is 0 Å². The van der Waals surface area contributed by atoms with Crippen molar-refractivity contribution in [1.29, 1.82) is 0 Å². The van der Waals surface area contributed by atoms with Gasteiger partial charge in [0, 0.05) is 18.6 Å². The molecule has 0 saturated heterocycles. The van der Waals surface area contributed by atoms with Crippen LogP contribution in [0.1, 0.15) is 13.3 Å². The molecule has 1 N–H and O–H groups in total. The van der Waals surface area contributed by atoms with Gasteiger partial charge in [-0.1, -0.05) is 5.11 Å². The summed E-state index contributed by atoms with van der Waals surface area (Å²) in [6.07, 6.45) is 0.653. The molecule has 0 spiro atoms. The Morgan fingerprint density at radius 1 is 1.56 bits per heavy atom. The van der Waals surface area contributed by atoms with E-state index >= 15 is 0 Å². The molecule has 0 heterocycles. The first-order chi connectivity index (χ1) is 7.60. The largest absolute Gasteiger partial charge is 0.468 e. The van der Waals surface area contributed by atoms with Crippen LogP contribution in [0.3, 0.4) is 0 Å². The van der Waals surface area contributed by atoms with Gasteiger partial charge < -0.3 is 14.8 Å². The fourth-order valence-corrected chi connectivity index (χ4v) is 1.25. The highest BCUT2D eigenvalue weighted by molar-refractivity contribution is 5.80. The van der Waals surface area contributed by atoms with Crippen molar-refractivity contribution in [3.05, 3.63) is 10.4 Å². The number of methoxy groups -OCH3 is 2. The minimum atomic E-state index is -0.861. The molecule has 0 aliphatic carbocycles. The van der Waals surface area contributed by atoms with Crippen molar-refractivity contribution in [2.24, 2.45) is 5.11 Å². The highest BCUT2D eigenvalue weighted by Gasteiger charge is 2.33. The molecule has 7 heteroatoms. The number of hydrogen-bond acceptors (Lipinski definition) is 5. The molecule has 0 bridgehead atoms. The van der Waals surface area contributed by atoms with Crippen LogP contribution >= 0.6 is 0 Å². The van der Waals surface area contributed by atoms with Crippen molar-refractivity contribution in [3.8, 4) is 0 Å². The van der Waals surface area contributed by atoms with Gasteiger partial charge in [-0.3, -0.25) is 0 Å². The summed E-state index contributed by atoms with van der Waals surface area (Å²) in [7, 11) is 2.85. The summed E-state index contributed by atoms with van der Waals surface area (Å²) < 4.78 is 9.65. The summed E-state index contributed by atoms with van der Waals surface area (Å²) in [6, 6.07) is 0. The number of rotatable bonds is 8. The van der Waals surface area contributed by atoms with Crippen molar-refractivity contribution in [3.63, 3.8) is 0 Å². The quantitative estimate of drug-likeness (QED) is 0.220. The molecule has 0 radical (unpaired) electrons. The molecule has 0 rings (SSSR count). The summed E-state index contributed by atoms with van der Waals surface area (Å²) in [5, 5.41) is 6.42. The third-order valence-corrected chi connectivity index (χ3v) is 2.08. The Morgan fingerprint density at radius 2 is 2.25 bits per heavy atom. The molecule has 0 saturated carbocycles. The molecule has 7 nitrogen and oxygen atoms in total. The molecule has 1 atom stereocenters. The normalized spacial score (nSPS) is 13.7. The summed E-state index contributed by atoms with van der Waals surface area (Å²) in [6.45, 7) is 2.87. The van der Waals surface area contributed by atoms with Crippen molar-refractivity contribution in [1.82, 2.24) is 5.32 Å². The van der Waals surface area contributed by atoms with Crippen molar-refractivity contribution in [2.45, 2.75) is 18.9 Å². The van der Waals surface area contributed by atoms with Crippen LogP contribution in [-0.4, -0.2) is 45.4 Å². The highest BCUT2D eigenvalue weighted by atomic mass is 16.5. The van der Waals surface area contributed by atoms with E-state index in [0.29, 0.717) is 19.5 Å². The first-order valence-electron chi connectivity index (χ1n) is 4.94. The molecular weight excluding hydrogens is 212 g/mol. The van der Waals surface area contributed by atoms with E-state index in [9.17, 15) is 4.79 Å². The second-order valence-electron chi connectivity index (χ2n) is 3.49. The van der Waals surface area contributed by atoms with Crippen LogP contribution in [0.4, 0.5) is 0 Å². The lowest BCUT2D eigenvalue weighted by molar-refractivity contribution is -0.150. The average molecular weight is 230 g/mol. The molecule has 0 aliphatic rings. The van der Waals surface area contributed by atoms with Crippen LogP contribution in [-0.2, 0) is 14.3 Å². The molecule has 0 amide bonds. The summed E-state index contributed by atoms with van der Waals surface area (Å²) in [5.41, 5.74) is 7.22. The molecule has 1 unspecified atom stereocenters. The van der Waals surface area contributed by atoms with Crippen LogP contribution in [0.15, 0.2) is 5.11 Å². The van der Waals surface area contributed by atoms with Gasteiger partial charge >= 0.3 is 5.97 Å². The summed E-state index contributed by atoms with van der Waals surface area (Å²) >= 11 is 0. The van der Waals surface area contributed by atoms with Gasteiger partial charge in [0.25, 0.3) is 0 Å². The molecular formula is C9H18N4O3. The van der Waals surface area contributed by atoms with Gasteiger partial charge in [0.15, 0.2) is 0 Å². The van der Waals surface area contributed by atoms with Gasteiger partial charge in [-0.2, -0.15) is 0 Å². The second-order valence-corrected chi connectivity index (χ2v) is 3.49. The van der Waals surface area contributed by atoms with E-state index in [2.05, 4.69) is 20.1 Å². The van der Waals surface area contributed by atoms with E-state index in [4.69, 9.17) is 10.3 Å². The Bertz CT molecular complexity index is 265. The number of hydrogen-bond donors (Lipinski definition) is 1. The number of nitrogens with zero attached hydrogens (tertiary/aromatic N) is 3. The third kappa shape index (κ3) is 4.97. The number of esters is 1. The average Bonchev–Trinajstić information content (AvgIpc) is 2.28. The predicted molar refractivity (Wildman–Crippen MR) is 58.9 cm³/mol. The smallest absolute Gasteiger partial charge is 0.328 e. The van der Waals surface area contributed by atoms with Crippen LogP contribution in [0.5, 0.6) is 0 Å². The zero-order chi connectivity index (χ0) is 12.4. The zero-order valence-corrected chi connectivity index (χ0v) is 9.89. The van der Waals surface area contributed by atoms with E-state index in [1.807, 2.05) is 0 Å². The van der Waals surface area contributed by atoms with Gasteiger partial charge in [-0.15, -0.1) is 0 Å². The Labute approximate surface area is 94.7 Å². The Kier molecular flexibility index (Phi) is 7.28. The predicted octanol–water partition coefficient (Wildman–Crippen LogP) is 0.854. The monoisotopic (exact) mass is 230 g/mol. The first-order valence-corrected chi connectivity index (χ1v) is 4.94. The second kappa shape index (κ2) is 7.92. The fourth-order valence-electron chi connectivity index (χ4n) is 1.25. The molecule has 0 fully saturated rings. The fraction of sp³-hybridized carbons (Fsp3) is 0.889. The van der Waals surface area contributed by atoms with Crippen molar-refractivity contribution < 1.29 is 14.3 Å². The topological polar surface area (TPSA) is 96.3 Å². The zero-order valence-electron chi connectivity index (χ0n) is 9.89. The van der Waals surface area contributed by atoms with Crippen LogP contribution in [0.25, 0.3) is 10.4 Å². The highest BCUT2D eigenvalue weighted by Crippen LogP contribution is 2.06. The van der Waals surface area contributed by atoms with Crippen molar-refractivity contribution in [2.75, 3.05) is 33.9 Å². The Hall–Kier alpha value is -1.30. The molecule has 16 heavy (non-hydrogen) atoms. The van der Waals surface area contributed by atoms with Gasteiger partial charge in [-0.05, 0) is 25.4 Å². The minimum Gasteiger partial charge on any atom is -0.468 e. The summed E-state index contributed by atoms with van der Waals surface area (Å²) in [4.78, 5) is 14.1. The van der Waals surface area contributed by atoms with Crippen LogP contribution in [0, 0.1) is 0 Å². The molecule has 0 aromatic carbocycles. The van der Waals surface area contributed by atoms with E-state index in [-0.39, 0.29) is 12.6 Å². The number of carbonyl (C=O) groups excluding carboxylic acids is 1. The molecule has 0 aromatic rings. The van der Waals surface area contributed by atoms with Crippen molar-refractivity contribution >= 4 is 5.97 Å². The summed E-state index contributed by atoms with van der Waals surface area (Å²) in [5.74, 6) is -0.377. The third-order valence-electron chi connectivity index (χ3n) is 2.08. The maximum atomic E-state index is 11.5.